The summed E-state index contributed by atoms with van der Waals surface area (Å²) in [6, 6.07) is 4.01. The number of benzene rings is 1. The highest BCUT2D eigenvalue weighted by molar-refractivity contribution is 9.10. The topological polar surface area (TPSA) is 74.7 Å². The summed E-state index contributed by atoms with van der Waals surface area (Å²) in [5, 5.41) is 8.94. The minimum Gasteiger partial charge on any atom is -0.478 e. The SMILES string of the molecule is CN(C1CCCCC1)S(=O)(=O)c1ccc(C(=O)O)cc1Br. The van der Waals surface area contributed by atoms with Gasteiger partial charge in [-0.3, -0.25) is 0 Å². The Morgan fingerprint density at radius 2 is 1.90 bits per heavy atom. The summed E-state index contributed by atoms with van der Waals surface area (Å²) in [6.45, 7) is 0. The minimum atomic E-state index is -3.62. The minimum absolute atomic E-state index is 0.0230. The molecule has 1 aliphatic carbocycles. The summed E-state index contributed by atoms with van der Waals surface area (Å²) >= 11 is 3.17. The van der Waals surface area contributed by atoms with E-state index in [2.05, 4.69) is 15.9 Å². The molecule has 0 atom stereocenters. The van der Waals surface area contributed by atoms with Crippen molar-refractivity contribution in [1.29, 1.82) is 0 Å². The van der Waals surface area contributed by atoms with Gasteiger partial charge in [0.15, 0.2) is 0 Å². The number of carboxylic acids is 1. The Balaban J connectivity index is 2.32. The Bertz CT molecular complexity index is 638. The fourth-order valence-electron chi connectivity index (χ4n) is 2.64. The van der Waals surface area contributed by atoms with Gasteiger partial charge in [-0.15, -0.1) is 0 Å². The predicted octanol–water partition coefficient (Wildman–Crippen LogP) is 3.10. The average Bonchev–Trinajstić information content (AvgIpc) is 2.46. The molecule has 0 amide bonds. The van der Waals surface area contributed by atoms with Crippen molar-refractivity contribution < 1.29 is 18.3 Å². The Hall–Kier alpha value is -0.920. The van der Waals surface area contributed by atoms with Crippen LogP contribution in [0.1, 0.15) is 42.5 Å². The van der Waals surface area contributed by atoms with Gasteiger partial charge in [0.2, 0.25) is 10.0 Å². The Labute approximate surface area is 133 Å². The van der Waals surface area contributed by atoms with Gasteiger partial charge in [-0.25, -0.2) is 13.2 Å². The molecule has 0 aliphatic heterocycles. The van der Waals surface area contributed by atoms with Gasteiger partial charge in [0.25, 0.3) is 0 Å². The van der Waals surface area contributed by atoms with E-state index in [1.165, 1.54) is 22.5 Å². The molecule has 1 saturated carbocycles. The highest BCUT2D eigenvalue weighted by atomic mass is 79.9. The first-order valence-electron chi connectivity index (χ1n) is 6.85. The van der Waals surface area contributed by atoms with Crippen molar-refractivity contribution in [3.8, 4) is 0 Å². The first kappa shape index (κ1) is 16.5. The molecular weight excluding hydrogens is 358 g/mol. The maximum absolute atomic E-state index is 12.7. The van der Waals surface area contributed by atoms with Crippen molar-refractivity contribution in [2.75, 3.05) is 7.05 Å². The Morgan fingerprint density at radius 1 is 1.29 bits per heavy atom. The lowest BCUT2D eigenvalue weighted by Crippen LogP contribution is -2.38. The first-order valence-corrected chi connectivity index (χ1v) is 9.08. The summed E-state index contributed by atoms with van der Waals surface area (Å²) in [7, 11) is -2.02. The number of nitrogens with zero attached hydrogens (tertiary/aromatic N) is 1. The molecule has 1 aliphatic rings. The molecule has 0 saturated heterocycles. The highest BCUT2D eigenvalue weighted by Crippen LogP contribution is 2.30. The van der Waals surface area contributed by atoms with E-state index in [0.717, 1.165) is 32.1 Å². The van der Waals surface area contributed by atoms with Crippen LogP contribution in [0.2, 0.25) is 0 Å². The van der Waals surface area contributed by atoms with Crippen molar-refractivity contribution in [3.05, 3.63) is 28.2 Å². The second-order valence-electron chi connectivity index (χ2n) is 5.26. The van der Waals surface area contributed by atoms with Gasteiger partial charge in [-0.1, -0.05) is 19.3 Å². The zero-order valence-corrected chi connectivity index (χ0v) is 14.2. The van der Waals surface area contributed by atoms with E-state index in [1.54, 1.807) is 7.05 Å². The van der Waals surface area contributed by atoms with Crippen molar-refractivity contribution in [3.63, 3.8) is 0 Å². The van der Waals surface area contributed by atoms with E-state index in [4.69, 9.17) is 5.11 Å². The monoisotopic (exact) mass is 375 g/mol. The molecule has 0 heterocycles. The summed E-state index contributed by atoms with van der Waals surface area (Å²) < 4.78 is 27.1. The molecule has 2 rings (SSSR count). The number of carboxylic acid groups (broad SMARTS) is 1. The number of hydrogen-bond donors (Lipinski definition) is 1. The van der Waals surface area contributed by atoms with Crippen molar-refractivity contribution in [2.45, 2.75) is 43.0 Å². The van der Waals surface area contributed by atoms with Crippen molar-refractivity contribution in [2.24, 2.45) is 0 Å². The van der Waals surface area contributed by atoms with E-state index in [9.17, 15) is 13.2 Å². The second-order valence-corrected chi connectivity index (χ2v) is 8.08. The van der Waals surface area contributed by atoms with Crippen molar-refractivity contribution >= 4 is 31.9 Å². The van der Waals surface area contributed by atoms with E-state index < -0.39 is 16.0 Å². The van der Waals surface area contributed by atoms with Crippen LogP contribution in [0, 0.1) is 0 Å². The molecule has 1 N–H and O–H groups in total. The fourth-order valence-corrected chi connectivity index (χ4v) is 5.09. The number of rotatable bonds is 4. The Kier molecular flexibility index (Phi) is 5.06. The molecule has 1 aromatic carbocycles. The summed E-state index contributed by atoms with van der Waals surface area (Å²) in [4.78, 5) is 11.0. The lowest BCUT2D eigenvalue weighted by atomic mass is 9.96. The van der Waals surface area contributed by atoms with E-state index in [1.807, 2.05) is 0 Å². The van der Waals surface area contributed by atoms with Gasteiger partial charge >= 0.3 is 5.97 Å². The van der Waals surface area contributed by atoms with Crippen LogP contribution in [0.3, 0.4) is 0 Å². The van der Waals surface area contributed by atoms with Crippen LogP contribution < -0.4 is 0 Å². The van der Waals surface area contributed by atoms with Gasteiger partial charge in [-0.2, -0.15) is 4.31 Å². The van der Waals surface area contributed by atoms with E-state index in [0.29, 0.717) is 0 Å². The van der Waals surface area contributed by atoms with E-state index >= 15 is 0 Å². The molecule has 0 radical (unpaired) electrons. The smallest absolute Gasteiger partial charge is 0.335 e. The van der Waals surface area contributed by atoms with Crippen molar-refractivity contribution in [1.82, 2.24) is 4.31 Å². The van der Waals surface area contributed by atoms with Gasteiger partial charge in [0.05, 0.1) is 10.5 Å². The molecule has 5 nitrogen and oxygen atoms in total. The van der Waals surface area contributed by atoms with Crippen LogP contribution in [-0.2, 0) is 10.0 Å². The largest absolute Gasteiger partial charge is 0.478 e. The highest BCUT2D eigenvalue weighted by Gasteiger charge is 2.30. The van der Waals surface area contributed by atoms with Crippen LogP contribution in [0.5, 0.6) is 0 Å². The van der Waals surface area contributed by atoms with Crippen LogP contribution in [-0.4, -0.2) is 36.9 Å². The van der Waals surface area contributed by atoms with E-state index in [-0.39, 0.29) is 21.0 Å². The molecular formula is C14H18BrNO4S. The maximum atomic E-state index is 12.7. The van der Waals surface area contributed by atoms with Gasteiger partial charge in [-0.05, 0) is 47.0 Å². The molecule has 0 unspecified atom stereocenters. The lowest BCUT2D eigenvalue weighted by molar-refractivity contribution is 0.0696. The van der Waals surface area contributed by atoms with Crippen LogP contribution in [0.15, 0.2) is 27.6 Å². The summed E-state index contributed by atoms with van der Waals surface area (Å²) in [5.41, 5.74) is 0.0566. The summed E-state index contributed by atoms with van der Waals surface area (Å²) in [5.74, 6) is -1.08. The predicted molar refractivity (Wildman–Crippen MR) is 82.9 cm³/mol. The third-order valence-electron chi connectivity index (χ3n) is 3.92. The normalized spacial score (nSPS) is 17.1. The second kappa shape index (κ2) is 6.46. The lowest BCUT2D eigenvalue weighted by Gasteiger charge is -2.30. The molecule has 0 spiro atoms. The number of hydrogen-bond acceptors (Lipinski definition) is 3. The summed E-state index contributed by atoms with van der Waals surface area (Å²) in [6.07, 6.45) is 5.00. The molecule has 21 heavy (non-hydrogen) atoms. The number of halogens is 1. The molecule has 1 fully saturated rings. The van der Waals surface area contributed by atoms with Crippen LogP contribution in [0.25, 0.3) is 0 Å². The molecule has 7 heteroatoms. The molecule has 1 aromatic rings. The molecule has 116 valence electrons. The zero-order chi connectivity index (χ0) is 15.6. The van der Waals surface area contributed by atoms with Gasteiger partial charge < -0.3 is 5.11 Å². The number of carbonyl (C=O) groups is 1. The zero-order valence-electron chi connectivity index (χ0n) is 11.8. The average molecular weight is 376 g/mol. The Morgan fingerprint density at radius 3 is 2.43 bits per heavy atom. The first-order chi connectivity index (χ1) is 9.84. The van der Waals surface area contributed by atoms with Gasteiger partial charge in [0, 0.05) is 17.6 Å². The van der Waals surface area contributed by atoms with Crippen LogP contribution in [0.4, 0.5) is 0 Å². The molecule has 0 aromatic heterocycles. The molecule has 0 bridgehead atoms. The number of aromatic carboxylic acids is 1. The van der Waals surface area contributed by atoms with Gasteiger partial charge in [0.1, 0.15) is 0 Å². The number of sulfonamides is 1. The third-order valence-corrected chi connectivity index (χ3v) is 6.81. The quantitative estimate of drug-likeness (QED) is 0.876. The maximum Gasteiger partial charge on any atom is 0.335 e. The third kappa shape index (κ3) is 3.46. The fraction of sp³-hybridized carbons (Fsp3) is 0.500. The standard InChI is InChI=1S/C14H18BrNO4S/c1-16(11-5-3-2-4-6-11)21(19,20)13-8-7-10(14(17)18)9-12(13)15/h7-9,11H,2-6H2,1H3,(H,17,18). The van der Waals surface area contributed by atoms with Crippen LogP contribution >= 0.6 is 15.9 Å².